The molecular weight excluding hydrogens is 372 g/mol. The van der Waals surface area contributed by atoms with E-state index in [1.807, 2.05) is 0 Å². The molecule has 11 nitrogen and oxygen atoms in total. The minimum atomic E-state index is -1.46. The van der Waals surface area contributed by atoms with Gasteiger partial charge in [-0.1, -0.05) is 34.1 Å². The first-order chi connectivity index (χ1) is 13.0. The Balaban J connectivity index is 5.05. The standard InChI is InChI=1S/C17H32N4O7/c1-5-9(4)13(17(27)28)21-15(25)11(7-23)19-14(24)10(6-22)20-16(26)12(18)8(2)3/h8-13,22-23H,5-7,18H2,1-4H3,(H,19,24)(H,20,26)(H,21,25)(H,27,28). The molecule has 0 fully saturated rings. The molecular formula is C17H32N4O7. The maximum Gasteiger partial charge on any atom is 0.326 e. The summed E-state index contributed by atoms with van der Waals surface area (Å²) in [6.07, 6.45) is 0.488. The van der Waals surface area contributed by atoms with Crippen molar-refractivity contribution in [2.45, 2.75) is 58.3 Å². The number of aliphatic hydroxyl groups excluding tert-OH is 2. The van der Waals surface area contributed by atoms with Crippen LogP contribution in [-0.4, -0.2) is 76.4 Å². The molecule has 11 heteroatoms. The second-order valence-corrected chi connectivity index (χ2v) is 6.97. The lowest BCUT2D eigenvalue weighted by Gasteiger charge is -2.25. The SMILES string of the molecule is CCC(C)C(NC(=O)C(CO)NC(=O)C(CO)NC(=O)C(N)C(C)C)C(=O)O. The zero-order valence-electron chi connectivity index (χ0n) is 16.6. The maximum atomic E-state index is 12.3. The van der Waals surface area contributed by atoms with E-state index in [0.717, 1.165) is 0 Å². The van der Waals surface area contributed by atoms with Gasteiger partial charge in [-0.3, -0.25) is 14.4 Å². The van der Waals surface area contributed by atoms with Gasteiger partial charge in [-0.05, 0) is 11.8 Å². The van der Waals surface area contributed by atoms with E-state index >= 15 is 0 Å². The van der Waals surface area contributed by atoms with E-state index in [9.17, 15) is 34.5 Å². The second-order valence-electron chi connectivity index (χ2n) is 6.97. The molecule has 0 heterocycles. The zero-order chi connectivity index (χ0) is 22.0. The predicted molar refractivity (Wildman–Crippen MR) is 99.9 cm³/mol. The first kappa shape index (κ1) is 25.8. The largest absolute Gasteiger partial charge is 0.480 e. The second kappa shape index (κ2) is 12.3. The van der Waals surface area contributed by atoms with Crippen LogP contribution < -0.4 is 21.7 Å². The number of carbonyl (C=O) groups is 4. The van der Waals surface area contributed by atoms with Crippen LogP contribution in [0.4, 0.5) is 0 Å². The van der Waals surface area contributed by atoms with Gasteiger partial charge in [0.1, 0.15) is 18.1 Å². The van der Waals surface area contributed by atoms with Crippen molar-refractivity contribution >= 4 is 23.7 Å². The van der Waals surface area contributed by atoms with Gasteiger partial charge in [0, 0.05) is 0 Å². The van der Waals surface area contributed by atoms with E-state index in [1.165, 1.54) is 0 Å². The Labute approximate surface area is 164 Å². The number of nitrogens with one attached hydrogen (secondary N) is 3. The molecule has 5 unspecified atom stereocenters. The number of carbonyl (C=O) groups excluding carboxylic acids is 3. The highest BCUT2D eigenvalue weighted by molar-refractivity contribution is 5.94. The molecule has 0 saturated heterocycles. The summed E-state index contributed by atoms with van der Waals surface area (Å²) in [5.41, 5.74) is 5.68. The van der Waals surface area contributed by atoms with Gasteiger partial charge in [-0.2, -0.15) is 0 Å². The van der Waals surface area contributed by atoms with Crippen LogP contribution >= 0.6 is 0 Å². The van der Waals surface area contributed by atoms with Crippen molar-refractivity contribution in [2.75, 3.05) is 13.2 Å². The monoisotopic (exact) mass is 404 g/mol. The van der Waals surface area contributed by atoms with Gasteiger partial charge in [0.2, 0.25) is 17.7 Å². The third-order valence-electron chi connectivity index (χ3n) is 4.43. The van der Waals surface area contributed by atoms with Crippen molar-refractivity contribution in [3.05, 3.63) is 0 Å². The topological polar surface area (TPSA) is 191 Å². The van der Waals surface area contributed by atoms with Crippen molar-refractivity contribution in [3.8, 4) is 0 Å². The molecule has 0 aromatic carbocycles. The number of amides is 3. The zero-order valence-corrected chi connectivity index (χ0v) is 16.6. The Morgan fingerprint density at radius 1 is 0.857 bits per heavy atom. The van der Waals surface area contributed by atoms with Crippen LogP contribution in [0.5, 0.6) is 0 Å². The maximum absolute atomic E-state index is 12.3. The highest BCUT2D eigenvalue weighted by atomic mass is 16.4. The molecule has 0 bridgehead atoms. The first-order valence-electron chi connectivity index (χ1n) is 9.11. The van der Waals surface area contributed by atoms with Crippen molar-refractivity contribution in [1.29, 1.82) is 0 Å². The summed E-state index contributed by atoms with van der Waals surface area (Å²) >= 11 is 0. The van der Waals surface area contributed by atoms with E-state index in [0.29, 0.717) is 6.42 Å². The summed E-state index contributed by atoms with van der Waals surface area (Å²) in [6, 6.07) is -4.93. The van der Waals surface area contributed by atoms with Crippen molar-refractivity contribution in [2.24, 2.45) is 17.6 Å². The van der Waals surface area contributed by atoms with Crippen LogP contribution in [0.2, 0.25) is 0 Å². The summed E-state index contributed by atoms with van der Waals surface area (Å²) < 4.78 is 0. The van der Waals surface area contributed by atoms with Crippen LogP contribution in [0.25, 0.3) is 0 Å². The first-order valence-corrected chi connectivity index (χ1v) is 9.11. The number of nitrogens with two attached hydrogens (primary N) is 1. The molecule has 0 saturated carbocycles. The number of carboxylic acids is 1. The molecule has 8 N–H and O–H groups in total. The minimum absolute atomic E-state index is 0.202. The van der Waals surface area contributed by atoms with Crippen LogP contribution in [0, 0.1) is 11.8 Å². The summed E-state index contributed by atoms with van der Waals surface area (Å²) in [5.74, 6) is -4.29. The van der Waals surface area contributed by atoms with Crippen LogP contribution in [0.1, 0.15) is 34.1 Å². The average molecular weight is 404 g/mol. The number of hydrogen-bond acceptors (Lipinski definition) is 7. The number of rotatable bonds is 12. The number of hydrogen-bond donors (Lipinski definition) is 7. The van der Waals surface area contributed by atoms with E-state index in [1.54, 1.807) is 27.7 Å². The summed E-state index contributed by atoms with van der Waals surface area (Å²) in [6.45, 7) is 5.26. The number of aliphatic carboxylic acids is 1. The molecule has 0 aliphatic heterocycles. The molecule has 0 radical (unpaired) electrons. The predicted octanol–water partition coefficient (Wildman–Crippen LogP) is -2.46. The van der Waals surface area contributed by atoms with E-state index in [-0.39, 0.29) is 11.8 Å². The van der Waals surface area contributed by atoms with Crippen LogP contribution in [0.3, 0.4) is 0 Å². The molecule has 5 atom stereocenters. The van der Waals surface area contributed by atoms with E-state index in [2.05, 4.69) is 16.0 Å². The van der Waals surface area contributed by atoms with Gasteiger partial charge in [0.15, 0.2) is 0 Å². The van der Waals surface area contributed by atoms with E-state index in [4.69, 9.17) is 5.73 Å². The molecule has 0 aromatic rings. The van der Waals surface area contributed by atoms with Gasteiger partial charge < -0.3 is 37.0 Å². The van der Waals surface area contributed by atoms with Gasteiger partial charge in [0.05, 0.1) is 19.3 Å². The molecule has 0 aliphatic carbocycles. The third-order valence-corrected chi connectivity index (χ3v) is 4.43. The highest BCUT2D eigenvalue weighted by Crippen LogP contribution is 2.08. The molecule has 0 spiro atoms. The number of carboxylic acid groups (broad SMARTS) is 1. The fourth-order valence-electron chi connectivity index (χ4n) is 2.17. The Bertz CT molecular complexity index is 556. The van der Waals surface area contributed by atoms with E-state index < -0.39 is 61.1 Å². The Kier molecular flexibility index (Phi) is 11.3. The highest BCUT2D eigenvalue weighted by Gasteiger charge is 2.31. The lowest BCUT2D eigenvalue weighted by molar-refractivity contribution is -0.144. The smallest absolute Gasteiger partial charge is 0.326 e. The molecule has 3 amide bonds. The lowest BCUT2D eigenvalue weighted by Crippen LogP contribution is -2.59. The fraction of sp³-hybridized carbons (Fsp3) is 0.765. The van der Waals surface area contributed by atoms with Crippen molar-refractivity contribution < 1.29 is 34.5 Å². The third kappa shape index (κ3) is 7.79. The number of aliphatic hydroxyl groups is 2. The minimum Gasteiger partial charge on any atom is -0.480 e. The lowest BCUT2D eigenvalue weighted by atomic mass is 9.99. The molecule has 0 aliphatic rings. The van der Waals surface area contributed by atoms with Gasteiger partial charge in [-0.25, -0.2) is 4.79 Å². The summed E-state index contributed by atoms with van der Waals surface area (Å²) in [7, 11) is 0. The van der Waals surface area contributed by atoms with Gasteiger partial charge in [-0.15, -0.1) is 0 Å². The molecule has 28 heavy (non-hydrogen) atoms. The summed E-state index contributed by atoms with van der Waals surface area (Å²) in [4.78, 5) is 47.8. The normalized spacial score (nSPS) is 16.4. The van der Waals surface area contributed by atoms with Crippen molar-refractivity contribution in [1.82, 2.24) is 16.0 Å². The van der Waals surface area contributed by atoms with Crippen molar-refractivity contribution in [3.63, 3.8) is 0 Å². The Morgan fingerprint density at radius 2 is 1.29 bits per heavy atom. The average Bonchev–Trinajstić information content (AvgIpc) is 2.65. The Morgan fingerprint density at radius 3 is 1.64 bits per heavy atom. The van der Waals surface area contributed by atoms with Gasteiger partial charge >= 0.3 is 5.97 Å². The fourth-order valence-corrected chi connectivity index (χ4v) is 2.17. The molecule has 0 rings (SSSR count). The van der Waals surface area contributed by atoms with Gasteiger partial charge in [0.25, 0.3) is 0 Å². The molecule has 162 valence electrons. The summed E-state index contributed by atoms with van der Waals surface area (Å²) in [5, 5.41) is 34.7. The molecule has 0 aromatic heterocycles. The quantitative estimate of drug-likeness (QED) is 0.186. The Hall–Kier alpha value is -2.24. The van der Waals surface area contributed by atoms with Crippen LogP contribution in [0.15, 0.2) is 0 Å². The van der Waals surface area contributed by atoms with Crippen LogP contribution in [-0.2, 0) is 19.2 Å².